The number of rotatable bonds is 8. The lowest BCUT2D eigenvalue weighted by molar-refractivity contribution is -0.151. The molecule has 1 aromatic carbocycles. The number of anilines is 1. The van der Waals surface area contributed by atoms with Crippen molar-refractivity contribution in [2.24, 2.45) is 11.8 Å². The van der Waals surface area contributed by atoms with Gasteiger partial charge < -0.3 is 19.5 Å². The lowest BCUT2D eigenvalue weighted by atomic mass is 9.87. The first-order valence-corrected chi connectivity index (χ1v) is 11.4. The van der Waals surface area contributed by atoms with Crippen molar-refractivity contribution in [1.82, 2.24) is 0 Å². The van der Waals surface area contributed by atoms with E-state index in [0.717, 1.165) is 51.1 Å². The maximum absolute atomic E-state index is 12.5. The molecule has 2 atom stereocenters. The fourth-order valence-corrected chi connectivity index (χ4v) is 4.15. The molecule has 1 amide bonds. The topological polar surface area (TPSA) is 73.9 Å². The highest BCUT2D eigenvalue weighted by Gasteiger charge is 2.27. The van der Waals surface area contributed by atoms with Gasteiger partial charge in [0.05, 0.1) is 25.7 Å². The van der Waals surface area contributed by atoms with Gasteiger partial charge in [0, 0.05) is 24.9 Å². The highest BCUT2D eigenvalue weighted by molar-refractivity contribution is 5.93. The molecule has 2 saturated heterocycles. The first-order chi connectivity index (χ1) is 14.6. The van der Waals surface area contributed by atoms with Crippen LogP contribution in [0.15, 0.2) is 24.3 Å². The third kappa shape index (κ3) is 7.31. The van der Waals surface area contributed by atoms with Crippen LogP contribution in [0.2, 0.25) is 0 Å². The Kier molecular flexibility index (Phi) is 9.00. The molecule has 2 aliphatic heterocycles. The normalized spacial score (nSPS) is 23.2. The zero-order chi connectivity index (χ0) is 21.2. The van der Waals surface area contributed by atoms with Crippen molar-refractivity contribution in [1.29, 1.82) is 0 Å². The van der Waals surface area contributed by atoms with Gasteiger partial charge in [0.25, 0.3) is 0 Å². The molecule has 2 aliphatic rings. The molecule has 2 heterocycles. The summed E-state index contributed by atoms with van der Waals surface area (Å²) in [6.45, 7) is 4.14. The Morgan fingerprint density at radius 2 is 1.83 bits per heavy atom. The maximum Gasteiger partial charge on any atom is 0.309 e. The molecule has 0 aliphatic carbocycles. The average Bonchev–Trinajstić information content (AvgIpc) is 2.75. The minimum absolute atomic E-state index is 0.152. The summed E-state index contributed by atoms with van der Waals surface area (Å²) < 4.78 is 16.7. The molecule has 1 aromatic rings. The first kappa shape index (κ1) is 22.6. The average molecular weight is 418 g/mol. The van der Waals surface area contributed by atoms with E-state index in [1.54, 1.807) is 0 Å². The Morgan fingerprint density at radius 3 is 2.57 bits per heavy atom. The van der Waals surface area contributed by atoms with Crippen LogP contribution in [0.3, 0.4) is 0 Å². The molecule has 2 unspecified atom stereocenters. The second-order valence-corrected chi connectivity index (χ2v) is 8.44. The number of ether oxygens (including phenoxy) is 3. The monoisotopic (exact) mass is 417 g/mol. The zero-order valence-electron chi connectivity index (χ0n) is 18.1. The van der Waals surface area contributed by atoms with E-state index in [4.69, 9.17) is 14.2 Å². The van der Waals surface area contributed by atoms with Crippen molar-refractivity contribution < 1.29 is 23.8 Å². The lowest BCUT2D eigenvalue weighted by Crippen LogP contribution is -2.27. The summed E-state index contributed by atoms with van der Waals surface area (Å²) in [4.78, 5) is 24.8. The Hall–Kier alpha value is -2.08. The molecule has 6 nitrogen and oxygen atoms in total. The molecular weight excluding hydrogens is 382 g/mol. The van der Waals surface area contributed by atoms with Crippen LogP contribution in [-0.2, 0) is 19.1 Å². The maximum atomic E-state index is 12.5. The molecule has 1 N–H and O–H groups in total. The fourth-order valence-electron chi connectivity index (χ4n) is 4.15. The smallest absolute Gasteiger partial charge is 0.309 e. The Balaban J connectivity index is 1.46. The van der Waals surface area contributed by atoms with Crippen LogP contribution in [0.5, 0.6) is 5.75 Å². The Bertz CT molecular complexity index is 669. The number of benzene rings is 1. The molecule has 0 spiro atoms. The number of amides is 1. The van der Waals surface area contributed by atoms with E-state index in [1.807, 2.05) is 24.3 Å². The Morgan fingerprint density at radius 1 is 1.07 bits per heavy atom. The van der Waals surface area contributed by atoms with Gasteiger partial charge in [-0.15, -0.1) is 0 Å². The van der Waals surface area contributed by atoms with Crippen molar-refractivity contribution in [2.45, 2.75) is 70.8 Å². The molecule has 0 aromatic heterocycles. The summed E-state index contributed by atoms with van der Waals surface area (Å²) >= 11 is 0. The van der Waals surface area contributed by atoms with Crippen LogP contribution in [0.4, 0.5) is 5.69 Å². The highest BCUT2D eigenvalue weighted by Crippen LogP contribution is 2.27. The summed E-state index contributed by atoms with van der Waals surface area (Å²) in [5, 5.41) is 2.90. The molecule has 0 saturated carbocycles. The van der Waals surface area contributed by atoms with Gasteiger partial charge >= 0.3 is 5.97 Å². The van der Waals surface area contributed by atoms with E-state index in [2.05, 4.69) is 12.2 Å². The molecule has 6 heteroatoms. The largest absolute Gasteiger partial charge is 0.490 e. The lowest BCUT2D eigenvalue weighted by Gasteiger charge is -2.24. The third-order valence-electron chi connectivity index (χ3n) is 6.03. The van der Waals surface area contributed by atoms with Crippen molar-refractivity contribution >= 4 is 17.6 Å². The van der Waals surface area contributed by atoms with Gasteiger partial charge in [-0.25, -0.2) is 0 Å². The van der Waals surface area contributed by atoms with Crippen LogP contribution < -0.4 is 10.1 Å². The fraction of sp³-hybridized carbons (Fsp3) is 0.667. The molecule has 2 fully saturated rings. The summed E-state index contributed by atoms with van der Waals surface area (Å²) in [6.07, 6.45) is 8.36. The molecule has 30 heavy (non-hydrogen) atoms. The number of unbranched alkanes of at least 4 members (excludes halogenated alkanes) is 1. The minimum Gasteiger partial charge on any atom is -0.490 e. The number of carbonyl (C=O) groups excluding carboxylic acids is 2. The van der Waals surface area contributed by atoms with Crippen molar-refractivity contribution in [2.75, 3.05) is 25.1 Å². The molecule has 3 rings (SSSR count). The van der Waals surface area contributed by atoms with Crippen LogP contribution in [0.25, 0.3) is 0 Å². The number of cyclic esters (lactones) is 1. The van der Waals surface area contributed by atoms with Gasteiger partial charge in [-0.1, -0.05) is 26.2 Å². The SMILES string of the molecule is CCCCC1CCOC(=O)C(CC(=O)Nc2ccc(OC3CCOCC3)cc2)CC1. The molecule has 0 bridgehead atoms. The van der Waals surface area contributed by atoms with Crippen LogP contribution in [0, 0.1) is 11.8 Å². The van der Waals surface area contributed by atoms with Gasteiger partial charge in [0.15, 0.2) is 0 Å². The number of esters is 1. The molecule has 0 radical (unpaired) electrons. The summed E-state index contributed by atoms with van der Waals surface area (Å²) in [5.74, 6) is 0.638. The highest BCUT2D eigenvalue weighted by atomic mass is 16.5. The van der Waals surface area contributed by atoms with Gasteiger partial charge in [-0.2, -0.15) is 0 Å². The van der Waals surface area contributed by atoms with Crippen LogP contribution in [0.1, 0.15) is 64.7 Å². The van der Waals surface area contributed by atoms with Crippen molar-refractivity contribution in [3.05, 3.63) is 24.3 Å². The number of nitrogens with one attached hydrogen (secondary N) is 1. The van der Waals surface area contributed by atoms with E-state index in [9.17, 15) is 9.59 Å². The summed E-state index contributed by atoms with van der Waals surface area (Å²) in [6, 6.07) is 7.41. The minimum atomic E-state index is -0.356. The standard InChI is InChI=1S/C24H35NO5/c1-2-3-4-18-5-6-19(24(27)29-16-11-18)17-23(26)25-20-7-9-21(10-8-20)30-22-12-14-28-15-13-22/h7-10,18-19,22H,2-6,11-17H2,1H3,(H,25,26). The quantitative estimate of drug-likeness (QED) is 0.620. The van der Waals surface area contributed by atoms with Gasteiger partial charge in [-0.05, 0) is 49.4 Å². The van der Waals surface area contributed by atoms with Crippen molar-refractivity contribution in [3.8, 4) is 5.75 Å². The number of hydrogen-bond acceptors (Lipinski definition) is 5. The van der Waals surface area contributed by atoms with E-state index >= 15 is 0 Å². The second-order valence-electron chi connectivity index (χ2n) is 8.44. The van der Waals surface area contributed by atoms with E-state index in [1.165, 1.54) is 19.3 Å². The van der Waals surface area contributed by atoms with Crippen LogP contribution >= 0.6 is 0 Å². The van der Waals surface area contributed by atoms with Gasteiger partial charge in [-0.3, -0.25) is 9.59 Å². The van der Waals surface area contributed by atoms with E-state index in [0.29, 0.717) is 18.2 Å². The number of hydrogen-bond donors (Lipinski definition) is 1. The van der Waals surface area contributed by atoms with Gasteiger partial charge in [0.2, 0.25) is 5.91 Å². The van der Waals surface area contributed by atoms with E-state index in [-0.39, 0.29) is 30.3 Å². The second kappa shape index (κ2) is 11.9. The predicted molar refractivity (Wildman–Crippen MR) is 115 cm³/mol. The number of carbonyl (C=O) groups is 2. The van der Waals surface area contributed by atoms with Crippen molar-refractivity contribution in [3.63, 3.8) is 0 Å². The predicted octanol–water partition coefficient (Wildman–Crippen LogP) is 4.72. The van der Waals surface area contributed by atoms with E-state index < -0.39 is 0 Å². The molecular formula is C24H35NO5. The first-order valence-electron chi connectivity index (χ1n) is 11.4. The molecule has 166 valence electrons. The summed E-state index contributed by atoms with van der Waals surface area (Å²) in [5.41, 5.74) is 0.708. The van der Waals surface area contributed by atoms with Gasteiger partial charge in [0.1, 0.15) is 11.9 Å². The van der Waals surface area contributed by atoms with Crippen LogP contribution in [-0.4, -0.2) is 37.8 Å². The third-order valence-corrected chi connectivity index (χ3v) is 6.03. The Labute approximate surface area is 179 Å². The summed E-state index contributed by atoms with van der Waals surface area (Å²) in [7, 11) is 0. The zero-order valence-corrected chi connectivity index (χ0v) is 18.1.